The van der Waals surface area contributed by atoms with Crippen LogP contribution in [0.15, 0.2) is 0 Å². The minimum Gasteiger partial charge on any atom is -0.693 e. The van der Waals surface area contributed by atoms with Crippen molar-refractivity contribution in [3.63, 3.8) is 0 Å². The van der Waals surface area contributed by atoms with E-state index < -0.39 is 0 Å². The Kier molecular flexibility index (Phi) is 20.0. The van der Waals surface area contributed by atoms with Crippen LogP contribution < -0.4 is 0 Å². The Labute approximate surface area is 45.6 Å². The van der Waals surface area contributed by atoms with Gasteiger partial charge in [0.2, 0.25) is 0 Å². The second kappa shape index (κ2) is 8.83. The zero-order valence-corrected chi connectivity index (χ0v) is 5.88. The maximum Gasteiger partial charge on any atom is -0.693 e. The maximum atomic E-state index is 3.03. The van der Waals surface area contributed by atoms with Crippen molar-refractivity contribution >= 4 is 28.3 Å². The summed E-state index contributed by atoms with van der Waals surface area (Å²) < 4.78 is 0. The molecule has 31 valence electrons. The summed E-state index contributed by atoms with van der Waals surface area (Å²) >= 11 is 7.12. The van der Waals surface area contributed by atoms with Crippen LogP contribution in [0.4, 0.5) is 0 Å². The monoisotopic (exact) mass is 233 g/mol. The Hall–Kier alpha value is 1.43. The Bertz CT molecular complexity index is 6.00. The van der Waals surface area contributed by atoms with E-state index in [-0.39, 0.29) is 6.15 Å². The van der Waals surface area contributed by atoms with Gasteiger partial charge in [-0.15, -0.1) is 0 Å². The summed E-state index contributed by atoms with van der Waals surface area (Å²) in [7, 11) is 0. The Morgan fingerprint density at radius 3 is 1.25 bits per heavy atom. The summed E-state index contributed by atoms with van der Waals surface area (Å²) in [4.78, 5) is 0. The van der Waals surface area contributed by atoms with Crippen LogP contribution in [0.3, 0.4) is 0 Å². The number of hydrogen-bond donors (Lipinski definition) is 0. The summed E-state index contributed by atoms with van der Waals surface area (Å²) in [5.41, 5.74) is 0. The van der Waals surface area contributed by atoms with Crippen molar-refractivity contribution in [1.29, 1.82) is 0 Å². The molecule has 0 aromatic heterocycles. The van der Waals surface area contributed by atoms with E-state index in [1.54, 1.807) is 0 Å². The minimum absolute atomic E-state index is 0. The van der Waals surface area contributed by atoms with E-state index in [1.165, 1.54) is 0 Å². The van der Waals surface area contributed by atoms with Gasteiger partial charge < -0.3 is 6.15 Å². The van der Waals surface area contributed by atoms with Gasteiger partial charge in [0.15, 0.2) is 0 Å². The van der Waals surface area contributed by atoms with Crippen LogP contribution in [0.1, 0.15) is 0 Å². The van der Waals surface area contributed by atoms with Gasteiger partial charge in [-0.05, 0) is 0 Å². The first-order valence-electron chi connectivity index (χ1n) is 0.252. The van der Waals surface area contributed by atoms with Crippen molar-refractivity contribution in [3.05, 3.63) is 6.15 Å². The third-order valence-electron chi connectivity index (χ3n) is 0. The van der Waals surface area contributed by atoms with E-state index in [4.69, 9.17) is 0 Å². The molecule has 0 unspecified atom stereocenters. The Morgan fingerprint density at radius 2 is 1.25 bits per heavy atom. The van der Waals surface area contributed by atoms with Crippen molar-refractivity contribution in [2.75, 3.05) is 0 Å². The number of halogens is 2. The molecule has 0 heterocycles. The molecule has 0 saturated heterocycles. The summed E-state index contributed by atoms with van der Waals surface area (Å²) in [5, 5.41) is 0. The molecule has 0 radical (unpaired) electrons. The van der Waals surface area contributed by atoms with E-state index in [1.807, 2.05) is 0 Å². The quantitative estimate of drug-likeness (QED) is 0.617. The molecular weight excluding hydrogens is 233 g/mol. The van der Waals surface area contributed by atoms with Crippen LogP contribution in [0.2, 0.25) is 0 Å². The first kappa shape index (κ1) is 9.06. The SMILES string of the molecule is [Br][Co][Br].[NH2-]. The molecule has 0 fully saturated rings. The zero-order chi connectivity index (χ0) is 2.71. The van der Waals surface area contributed by atoms with Gasteiger partial charge in [0.1, 0.15) is 0 Å². The summed E-state index contributed by atoms with van der Waals surface area (Å²) in [5.74, 6) is 0. The molecule has 0 amide bonds. The van der Waals surface area contributed by atoms with Gasteiger partial charge >= 0.3 is 39.5 Å². The van der Waals surface area contributed by atoms with Crippen LogP contribution in [-0.4, -0.2) is 0 Å². The van der Waals surface area contributed by atoms with Crippen molar-refractivity contribution in [2.45, 2.75) is 0 Å². The molecule has 4 heavy (non-hydrogen) atoms. The van der Waals surface area contributed by atoms with Gasteiger partial charge in [-0.2, -0.15) is 0 Å². The van der Waals surface area contributed by atoms with Crippen LogP contribution >= 0.6 is 28.3 Å². The number of hydrogen-bond acceptors (Lipinski definition) is 0. The minimum atomic E-state index is 0. The molecule has 0 aromatic carbocycles. The molecule has 0 aromatic rings. The second-order valence-electron chi connectivity index (χ2n) is 0.0476. The number of nitrogens with two attached hydrogens (primary N) is 1. The largest absolute Gasteiger partial charge is 0.693 e. The third kappa shape index (κ3) is 9.91. The fourth-order valence-corrected chi connectivity index (χ4v) is 0. The fourth-order valence-electron chi connectivity index (χ4n) is 0. The topological polar surface area (TPSA) is 33.5 Å². The average Bonchev–Trinajstić information content (AvgIpc) is 0.918. The van der Waals surface area contributed by atoms with Gasteiger partial charge in [0, 0.05) is 0 Å². The molecule has 1 nitrogen and oxygen atoms in total. The summed E-state index contributed by atoms with van der Waals surface area (Å²) in [6.07, 6.45) is 0. The fraction of sp³-hybridized carbons (Fsp3) is 0. The van der Waals surface area contributed by atoms with E-state index in [0.717, 1.165) is 11.1 Å². The van der Waals surface area contributed by atoms with E-state index in [2.05, 4.69) is 28.3 Å². The molecule has 4 heteroatoms. The predicted molar refractivity (Wildman–Crippen MR) is 23.1 cm³/mol. The molecule has 0 bridgehead atoms. The zero-order valence-electron chi connectivity index (χ0n) is 1.67. The Morgan fingerprint density at radius 1 is 1.25 bits per heavy atom. The predicted octanol–water partition coefficient (Wildman–Crippen LogP) is 2.41. The third-order valence-corrected chi connectivity index (χ3v) is 0. The molecule has 0 aliphatic heterocycles. The van der Waals surface area contributed by atoms with Gasteiger partial charge in [-0.25, -0.2) is 0 Å². The van der Waals surface area contributed by atoms with Crippen LogP contribution in [0.5, 0.6) is 0 Å². The molecule has 0 saturated carbocycles. The molecule has 0 rings (SSSR count). The summed E-state index contributed by atoms with van der Waals surface area (Å²) in [6, 6.07) is 0. The average molecular weight is 235 g/mol. The first-order chi connectivity index (χ1) is 1.41. The summed E-state index contributed by atoms with van der Waals surface area (Å²) in [6.45, 7) is 0. The van der Waals surface area contributed by atoms with Crippen molar-refractivity contribution in [1.82, 2.24) is 0 Å². The van der Waals surface area contributed by atoms with Crippen molar-refractivity contribution in [2.24, 2.45) is 0 Å². The first-order valence-corrected chi connectivity index (χ1v) is 5.40. The molecular formula is H2Br2CoN-. The van der Waals surface area contributed by atoms with Crippen LogP contribution in [-0.2, 0) is 11.1 Å². The van der Waals surface area contributed by atoms with Gasteiger partial charge in [-0.1, -0.05) is 0 Å². The van der Waals surface area contributed by atoms with E-state index >= 15 is 0 Å². The standard InChI is InChI=1S/2BrH.Co.H2N/h2*1H;;1H2/q;;+2;-1/p-2. The Balaban J connectivity index is 0. The van der Waals surface area contributed by atoms with Gasteiger partial charge in [0.25, 0.3) is 0 Å². The smallest absolute Gasteiger partial charge is 0.693 e. The van der Waals surface area contributed by atoms with E-state index in [9.17, 15) is 0 Å². The van der Waals surface area contributed by atoms with Crippen molar-refractivity contribution < 1.29 is 11.1 Å². The molecule has 0 atom stereocenters. The van der Waals surface area contributed by atoms with Crippen LogP contribution in [0.25, 0.3) is 6.15 Å². The molecule has 0 aliphatic rings. The molecule has 0 aliphatic carbocycles. The second-order valence-corrected chi connectivity index (χ2v) is 5.30. The van der Waals surface area contributed by atoms with Crippen LogP contribution in [0, 0.1) is 0 Å². The van der Waals surface area contributed by atoms with Crippen molar-refractivity contribution in [3.8, 4) is 0 Å². The van der Waals surface area contributed by atoms with Gasteiger partial charge in [-0.3, -0.25) is 0 Å². The normalized spacial score (nSPS) is 5.50. The maximum absolute atomic E-state index is 3.03. The number of rotatable bonds is 0. The van der Waals surface area contributed by atoms with Gasteiger partial charge in [0.05, 0.1) is 0 Å². The molecule has 0 spiro atoms. The molecule has 2 N–H and O–H groups in total. The van der Waals surface area contributed by atoms with E-state index in [0.29, 0.717) is 0 Å².